The molecule has 28 heavy (non-hydrogen) atoms. The summed E-state index contributed by atoms with van der Waals surface area (Å²) in [5.41, 5.74) is 0.836. The standard InChI is InChI=1S/C21H14F2O4S/c22-15-4-1-13(2-5-15)19-9-7-16(27-19)6-8-18(24)14-3-10-20(17(23)11-14)28-12-21(25)26/h1-11H,12H2,(H,25,26)/b8-6+. The number of rotatable bonds is 7. The first-order valence-electron chi connectivity index (χ1n) is 8.15. The number of carbonyl (C=O) groups is 2. The maximum Gasteiger partial charge on any atom is 0.313 e. The van der Waals surface area contributed by atoms with Gasteiger partial charge in [0.25, 0.3) is 0 Å². The van der Waals surface area contributed by atoms with Gasteiger partial charge in [-0.2, -0.15) is 0 Å². The lowest BCUT2D eigenvalue weighted by atomic mass is 10.1. The van der Waals surface area contributed by atoms with Crippen molar-refractivity contribution in [2.24, 2.45) is 0 Å². The van der Waals surface area contributed by atoms with E-state index < -0.39 is 17.6 Å². The van der Waals surface area contributed by atoms with Crippen molar-refractivity contribution >= 4 is 29.6 Å². The van der Waals surface area contributed by atoms with Gasteiger partial charge in [0.2, 0.25) is 0 Å². The van der Waals surface area contributed by atoms with Gasteiger partial charge in [0.1, 0.15) is 23.2 Å². The maximum atomic E-state index is 14.0. The zero-order valence-corrected chi connectivity index (χ0v) is 15.2. The smallest absolute Gasteiger partial charge is 0.313 e. The number of hydrogen-bond acceptors (Lipinski definition) is 4. The highest BCUT2D eigenvalue weighted by Gasteiger charge is 2.10. The van der Waals surface area contributed by atoms with E-state index in [-0.39, 0.29) is 22.0 Å². The van der Waals surface area contributed by atoms with Crippen LogP contribution in [0.25, 0.3) is 17.4 Å². The first-order valence-corrected chi connectivity index (χ1v) is 9.13. The Morgan fingerprint density at radius 3 is 2.46 bits per heavy atom. The minimum absolute atomic E-state index is 0.138. The summed E-state index contributed by atoms with van der Waals surface area (Å²) in [6.45, 7) is 0. The number of hydrogen-bond donors (Lipinski definition) is 1. The molecule has 2 aromatic carbocycles. The third kappa shape index (κ3) is 4.95. The quantitative estimate of drug-likeness (QED) is 0.331. The van der Waals surface area contributed by atoms with Crippen molar-refractivity contribution in [1.82, 2.24) is 0 Å². The first-order chi connectivity index (χ1) is 13.4. The van der Waals surface area contributed by atoms with Crippen LogP contribution in [-0.4, -0.2) is 22.6 Å². The SMILES string of the molecule is O=C(O)CSc1ccc(C(=O)/C=C/c2ccc(-c3ccc(F)cc3)o2)cc1F. The Morgan fingerprint density at radius 1 is 1.04 bits per heavy atom. The molecule has 0 spiro atoms. The number of halogens is 2. The molecule has 0 saturated heterocycles. The third-order valence-electron chi connectivity index (χ3n) is 3.72. The summed E-state index contributed by atoms with van der Waals surface area (Å²) in [5.74, 6) is -1.79. The summed E-state index contributed by atoms with van der Waals surface area (Å²) in [6, 6.07) is 13.1. The molecule has 0 radical (unpaired) electrons. The minimum atomic E-state index is -1.05. The number of carbonyl (C=O) groups excluding carboxylic acids is 1. The summed E-state index contributed by atoms with van der Waals surface area (Å²) in [4.78, 5) is 22.9. The Balaban J connectivity index is 1.69. The first kappa shape index (κ1) is 19.6. The molecule has 0 atom stereocenters. The van der Waals surface area contributed by atoms with Crippen LogP contribution in [0.2, 0.25) is 0 Å². The normalized spacial score (nSPS) is 11.1. The molecular weight excluding hydrogens is 386 g/mol. The van der Waals surface area contributed by atoms with Gasteiger partial charge in [-0.05, 0) is 66.7 Å². The van der Waals surface area contributed by atoms with Crippen LogP contribution in [0.1, 0.15) is 16.1 Å². The molecular formula is C21H14F2O4S. The van der Waals surface area contributed by atoms with Crippen LogP contribution in [-0.2, 0) is 4.79 Å². The topological polar surface area (TPSA) is 67.5 Å². The Labute approximate surface area is 163 Å². The molecule has 0 amide bonds. The molecule has 1 aromatic heterocycles. The van der Waals surface area contributed by atoms with E-state index in [1.54, 1.807) is 24.3 Å². The van der Waals surface area contributed by atoms with Crippen molar-refractivity contribution in [2.45, 2.75) is 4.90 Å². The van der Waals surface area contributed by atoms with E-state index in [9.17, 15) is 18.4 Å². The number of allylic oxidation sites excluding steroid dienone is 1. The van der Waals surface area contributed by atoms with Crippen LogP contribution in [0.5, 0.6) is 0 Å². The van der Waals surface area contributed by atoms with Gasteiger partial charge in [-0.3, -0.25) is 9.59 Å². The highest BCUT2D eigenvalue weighted by Crippen LogP contribution is 2.24. The predicted molar refractivity (Wildman–Crippen MR) is 102 cm³/mol. The van der Waals surface area contributed by atoms with Gasteiger partial charge in [0.05, 0.1) is 5.75 Å². The third-order valence-corrected chi connectivity index (χ3v) is 4.76. The Bertz CT molecular complexity index is 1040. The van der Waals surface area contributed by atoms with Crippen molar-refractivity contribution < 1.29 is 27.9 Å². The van der Waals surface area contributed by atoms with E-state index in [2.05, 4.69) is 0 Å². The van der Waals surface area contributed by atoms with E-state index in [0.29, 0.717) is 17.1 Å². The van der Waals surface area contributed by atoms with E-state index in [1.165, 1.54) is 36.4 Å². The fourth-order valence-corrected chi connectivity index (χ4v) is 3.02. The Kier molecular flexibility index (Phi) is 6.06. The Morgan fingerprint density at radius 2 is 1.79 bits per heavy atom. The molecule has 7 heteroatoms. The number of ketones is 1. The average molecular weight is 400 g/mol. The lowest BCUT2D eigenvalue weighted by Crippen LogP contribution is -1.99. The fourth-order valence-electron chi connectivity index (χ4n) is 2.38. The second-order valence-electron chi connectivity index (χ2n) is 5.73. The molecule has 142 valence electrons. The van der Waals surface area contributed by atoms with Crippen molar-refractivity contribution in [3.8, 4) is 11.3 Å². The average Bonchev–Trinajstić information content (AvgIpc) is 3.14. The monoisotopic (exact) mass is 400 g/mol. The molecule has 0 aliphatic heterocycles. The number of carboxylic acids is 1. The van der Waals surface area contributed by atoms with Gasteiger partial charge in [0.15, 0.2) is 5.78 Å². The highest BCUT2D eigenvalue weighted by molar-refractivity contribution is 8.00. The molecule has 3 rings (SSSR count). The summed E-state index contributed by atoms with van der Waals surface area (Å²) in [5, 5.41) is 8.64. The molecule has 4 nitrogen and oxygen atoms in total. The molecule has 0 aliphatic carbocycles. The van der Waals surface area contributed by atoms with Crippen LogP contribution in [0, 0.1) is 11.6 Å². The van der Waals surface area contributed by atoms with Crippen molar-refractivity contribution in [2.75, 3.05) is 5.75 Å². The maximum absolute atomic E-state index is 14.0. The zero-order valence-electron chi connectivity index (χ0n) is 14.4. The highest BCUT2D eigenvalue weighted by atomic mass is 32.2. The van der Waals surface area contributed by atoms with Gasteiger partial charge in [0, 0.05) is 16.0 Å². The predicted octanol–water partition coefficient (Wildman–Crippen LogP) is 5.30. The largest absolute Gasteiger partial charge is 0.481 e. The van der Waals surface area contributed by atoms with E-state index >= 15 is 0 Å². The molecule has 0 bridgehead atoms. The van der Waals surface area contributed by atoms with E-state index in [4.69, 9.17) is 9.52 Å². The molecule has 0 saturated carbocycles. The number of carboxylic acid groups (broad SMARTS) is 1. The van der Waals surface area contributed by atoms with Crippen LogP contribution >= 0.6 is 11.8 Å². The van der Waals surface area contributed by atoms with Crippen LogP contribution in [0.3, 0.4) is 0 Å². The summed E-state index contributed by atoms with van der Waals surface area (Å²) < 4.78 is 32.6. The number of thioether (sulfide) groups is 1. The van der Waals surface area contributed by atoms with Crippen molar-refractivity contribution in [3.05, 3.63) is 83.6 Å². The summed E-state index contributed by atoms with van der Waals surface area (Å²) >= 11 is 0.845. The van der Waals surface area contributed by atoms with Crippen LogP contribution in [0.4, 0.5) is 8.78 Å². The van der Waals surface area contributed by atoms with Crippen LogP contribution in [0.15, 0.2) is 70.0 Å². The van der Waals surface area contributed by atoms with E-state index in [0.717, 1.165) is 17.8 Å². The van der Waals surface area contributed by atoms with Gasteiger partial charge in [-0.25, -0.2) is 8.78 Å². The molecule has 1 N–H and O–H groups in total. The second kappa shape index (κ2) is 8.67. The van der Waals surface area contributed by atoms with Crippen LogP contribution < -0.4 is 0 Å². The van der Waals surface area contributed by atoms with Crippen molar-refractivity contribution in [3.63, 3.8) is 0 Å². The van der Waals surface area contributed by atoms with Crippen molar-refractivity contribution in [1.29, 1.82) is 0 Å². The second-order valence-corrected chi connectivity index (χ2v) is 6.75. The minimum Gasteiger partial charge on any atom is -0.481 e. The summed E-state index contributed by atoms with van der Waals surface area (Å²) in [6.07, 6.45) is 2.71. The molecule has 0 aliphatic rings. The number of aliphatic carboxylic acids is 1. The van der Waals surface area contributed by atoms with Gasteiger partial charge >= 0.3 is 5.97 Å². The lowest BCUT2D eigenvalue weighted by molar-refractivity contribution is -0.133. The van der Waals surface area contributed by atoms with Gasteiger partial charge in [-0.1, -0.05) is 0 Å². The van der Waals surface area contributed by atoms with Gasteiger partial charge < -0.3 is 9.52 Å². The van der Waals surface area contributed by atoms with E-state index in [1.807, 2.05) is 0 Å². The zero-order chi connectivity index (χ0) is 20.1. The fraction of sp³-hybridized carbons (Fsp3) is 0.0476. The molecule has 0 unspecified atom stereocenters. The number of furan rings is 1. The molecule has 3 aromatic rings. The van der Waals surface area contributed by atoms with Gasteiger partial charge in [-0.15, -0.1) is 11.8 Å². The number of benzene rings is 2. The molecule has 0 fully saturated rings. The summed E-state index contributed by atoms with van der Waals surface area (Å²) in [7, 11) is 0. The Hall–Kier alpha value is -3.19. The molecule has 1 heterocycles. The lowest BCUT2D eigenvalue weighted by Gasteiger charge is -2.02.